The summed E-state index contributed by atoms with van der Waals surface area (Å²) in [4.78, 5) is 15.0. The molecule has 0 saturated carbocycles. The molecule has 138 heavy (non-hydrogen) atoms. The molecule has 1 aliphatic heterocycles. The number of hydrogen-bond donors (Lipinski definition) is 0. The van der Waals surface area contributed by atoms with E-state index in [1.54, 1.807) is 0 Å². The minimum absolute atomic E-state index is 0.794. The minimum atomic E-state index is 0.794. The molecule has 11 heterocycles. The lowest BCUT2D eigenvalue weighted by molar-refractivity contribution is -0.441. The van der Waals surface area contributed by atoms with E-state index in [0.717, 1.165) is 131 Å². The Hall–Kier alpha value is -18.7. The molecule has 27 aromatic rings. The number of imidazole rings is 3. The number of pyridine rings is 3. The van der Waals surface area contributed by atoms with E-state index in [1.165, 1.54) is 98.5 Å². The van der Waals surface area contributed by atoms with Crippen molar-refractivity contribution in [3.05, 3.63) is 527 Å². The van der Waals surface area contributed by atoms with Gasteiger partial charge in [0.25, 0.3) is 0 Å². The van der Waals surface area contributed by atoms with Crippen LogP contribution in [0.25, 0.3) is 194 Å². The fourth-order valence-electron chi connectivity index (χ4n) is 20.4. The number of para-hydroxylation sites is 8. The first kappa shape index (κ1) is 81.4. The van der Waals surface area contributed by atoms with Gasteiger partial charge in [-0.05, 0) is 150 Å². The maximum absolute atomic E-state index is 5.08. The molecule has 10 aromatic heterocycles. The Labute approximate surface area is 796 Å². The molecule has 0 atom stereocenters. The highest BCUT2D eigenvalue weighted by Crippen LogP contribution is 2.43. The molecule has 17 aromatic carbocycles. The van der Waals surface area contributed by atoms with Crippen LogP contribution >= 0.6 is 0 Å². The summed E-state index contributed by atoms with van der Waals surface area (Å²) in [6, 6.07) is 175. The standard InChI is InChI=1S/C33H24N3.3C31H21N3/c1-3-11-24(12-4-1)30-23-33(25-13-5-2-6-14-25)36(34-30)27-21-19-26(20-22-27)35-31-17-9-7-15-28(31)29-16-8-10-18-32(29)35;1-2-11-22(12-3-1)30-31(33-20-9-8-19-29(33)32-30)23-13-10-14-24(21-23)34-27-17-6-4-15-25(27)26-16-5-7-18-28(26)34;1-2-10-23(11-3-1)31-30(32-29-16-8-9-21-33(29)31)22-17-19-24(20-18-22)34-27-14-6-4-12-25(27)26-13-5-7-15-28(26)34;1-2-10-22(11-3-1)30-31(33-21-9-8-16-29(33)32-30)23-17-19-24(20-18-23)34-27-14-6-4-12-25(27)26-13-5-7-15-28(26)34/h1-22H,23H2;3*1-21H/q+1;;;. The van der Waals surface area contributed by atoms with E-state index in [9.17, 15) is 0 Å². The van der Waals surface area contributed by atoms with E-state index in [4.69, 9.17) is 20.1 Å². The Balaban J connectivity index is 0.0000000975. The maximum Gasteiger partial charge on any atom is 0.238 e. The lowest BCUT2D eigenvalue weighted by Gasteiger charge is -2.11. The average Bonchev–Trinajstić information content (AvgIpc) is 1.60. The number of hydrazone groups is 1. The Morgan fingerprint density at radius 2 is 0.442 bits per heavy atom. The molecule has 0 bridgehead atoms. The monoisotopic (exact) mass is 1770 g/mol. The third-order valence-corrected chi connectivity index (χ3v) is 26.6. The van der Waals surface area contributed by atoms with Crippen molar-refractivity contribution in [1.29, 1.82) is 0 Å². The van der Waals surface area contributed by atoms with Gasteiger partial charge in [-0.2, -0.15) is 0 Å². The molecule has 0 saturated heterocycles. The van der Waals surface area contributed by atoms with Gasteiger partial charge < -0.3 is 18.3 Å². The molecule has 0 radical (unpaired) electrons. The average molecular weight is 1770 g/mol. The van der Waals surface area contributed by atoms with E-state index in [0.29, 0.717) is 0 Å². The van der Waals surface area contributed by atoms with Crippen LogP contribution in [-0.4, -0.2) is 62.5 Å². The molecule has 0 fully saturated rings. The quantitative estimate of drug-likeness (QED) is 0.108. The van der Waals surface area contributed by atoms with Crippen molar-refractivity contribution in [3.63, 3.8) is 0 Å². The second kappa shape index (κ2) is 35.1. The van der Waals surface area contributed by atoms with Crippen LogP contribution in [0.3, 0.4) is 0 Å². The number of benzene rings is 17. The van der Waals surface area contributed by atoms with Crippen molar-refractivity contribution >= 4 is 121 Å². The SMILES string of the molecule is c1ccc(-c2c(-c3ccc(-n4c5ccccc5c5ccccc54)cc3)nc3ccccn23)cc1.c1ccc(-c2nc3ccccn3c2-c2ccc(-n3c4ccccc4c4ccccc43)cc2)cc1.c1ccc(-c2nc3ccccn3c2-c2cccc(-n3c4ccccc4c4ccccc43)c2)cc1.c1ccc(C2=N[N+](c3ccc(-n4c5ccccc5c5ccccc54)cc3)=C(c3ccccc3)C2)cc1. The number of hydrogen-bond acceptors (Lipinski definition) is 4. The molecule has 1 aliphatic rings. The van der Waals surface area contributed by atoms with Crippen LogP contribution in [0.1, 0.15) is 17.5 Å². The molecule has 12 heteroatoms. The molecular formula is C126H87N12+. The van der Waals surface area contributed by atoms with Gasteiger partial charge in [0.1, 0.15) is 22.7 Å². The second-order valence-corrected chi connectivity index (χ2v) is 34.7. The third-order valence-electron chi connectivity index (χ3n) is 26.6. The lowest BCUT2D eigenvalue weighted by atomic mass is 10.0. The Kier molecular flexibility index (Phi) is 20.7. The highest BCUT2D eigenvalue weighted by molar-refractivity contribution is 6.18. The van der Waals surface area contributed by atoms with E-state index >= 15 is 0 Å². The van der Waals surface area contributed by atoms with Gasteiger partial charge in [-0.25, -0.2) is 15.0 Å². The minimum Gasteiger partial charge on any atom is -0.309 e. The highest BCUT2D eigenvalue weighted by Gasteiger charge is 2.32. The summed E-state index contributed by atoms with van der Waals surface area (Å²) in [5.41, 5.74) is 35.9. The highest BCUT2D eigenvalue weighted by atomic mass is 15.4. The van der Waals surface area contributed by atoms with Crippen LogP contribution in [0.2, 0.25) is 0 Å². The van der Waals surface area contributed by atoms with Crippen LogP contribution in [0.4, 0.5) is 5.69 Å². The molecule has 0 unspecified atom stereocenters. The normalized spacial score (nSPS) is 12.0. The first-order valence-corrected chi connectivity index (χ1v) is 46.8. The van der Waals surface area contributed by atoms with Crippen molar-refractivity contribution in [2.24, 2.45) is 5.10 Å². The van der Waals surface area contributed by atoms with Crippen LogP contribution < -0.4 is 0 Å². The molecule has 28 rings (SSSR count). The fourth-order valence-corrected chi connectivity index (χ4v) is 20.4. The fraction of sp³-hybridized carbons (Fsp3) is 0.00794. The summed E-state index contributed by atoms with van der Waals surface area (Å²) in [5, 5.41) is 15.3. The van der Waals surface area contributed by atoms with Crippen molar-refractivity contribution in [3.8, 4) is 90.3 Å². The van der Waals surface area contributed by atoms with Crippen molar-refractivity contribution in [1.82, 2.24) is 46.4 Å². The summed E-state index contributed by atoms with van der Waals surface area (Å²) in [5.74, 6) is 0. The Morgan fingerprint density at radius 3 is 0.790 bits per heavy atom. The van der Waals surface area contributed by atoms with Gasteiger partial charge in [0.2, 0.25) is 11.4 Å². The summed E-state index contributed by atoms with van der Waals surface area (Å²) >= 11 is 0. The molecule has 12 nitrogen and oxygen atoms in total. The summed E-state index contributed by atoms with van der Waals surface area (Å²) in [6.45, 7) is 0. The second-order valence-electron chi connectivity index (χ2n) is 34.7. The van der Waals surface area contributed by atoms with Crippen molar-refractivity contribution in [2.75, 3.05) is 0 Å². The van der Waals surface area contributed by atoms with Gasteiger partial charge >= 0.3 is 0 Å². The first-order valence-electron chi connectivity index (χ1n) is 46.8. The molecule has 0 spiro atoms. The first-order chi connectivity index (χ1) is 68.5. The molecule has 0 N–H and O–H groups in total. The number of nitrogens with zero attached hydrogens (tertiary/aromatic N) is 12. The van der Waals surface area contributed by atoms with Crippen LogP contribution in [0.5, 0.6) is 0 Å². The molecule has 0 aliphatic carbocycles. The predicted molar refractivity (Wildman–Crippen MR) is 570 cm³/mol. The van der Waals surface area contributed by atoms with Crippen LogP contribution in [-0.2, 0) is 0 Å². The summed E-state index contributed by atoms with van der Waals surface area (Å²) in [7, 11) is 0. The van der Waals surface area contributed by atoms with Gasteiger partial charge in [-0.15, -0.1) is 0 Å². The van der Waals surface area contributed by atoms with Crippen LogP contribution in [0.15, 0.2) is 521 Å². The molecule has 650 valence electrons. The van der Waals surface area contributed by atoms with Gasteiger partial charge in [0, 0.05) is 146 Å². The van der Waals surface area contributed by atoms with Crippen molar-refractivity contribution in [2.45, 2.75) is 6.42 Å². The Morgan fingerprint density at radius 1 is 0.188 bits per heavy atom. The molecular weight excluding hydrogens is 1680 g/mol. The van der Waals surface area contributed by atoms with Gasteiger partial charge in [-0.3, -0.25) is 13.2 Å². The summed E-state index contributed by atoms with van der Waals surface area (Å²) in [6.07, 6.45) is 7.06. The van der Waals surface area contributed by atoms with Gasteiger partial charge in [0.05, 0.1) is 84.7 Å². The maximum atomic E-state index is 5.08. The summed E-state index contributed by atoms with van der Waals surface area (Å²) < 4.78 is 18.0. The lowest BCUT2D eigenvalue weighted by Crippen LogP contribution is -2.10. The molecule has 0 amide bonds. The zero-order chi connectivity index (χ0) is 91.4. The Bertz CT molecular complexity index is 9100. The van der Waals surface area contributed by atoms with E-state index < -0.39 is 0 Å². The topological polar surface area (TPSA) is 87.0 Å². The number of aromatic nitrogens is 10. The third kappa shape index (κ3) is 14.6. The van der Waals surface area contributed by atoms with Gasteiger partial charge in [-0.1, -0.05) is 340 Å². The van der Waals surface area contributed by atoms with Gasteiger partial charge in [0.15, 0.2) is 0 Å². The zero-order valence-electron chi connectivity index (χ0n) is 75.1. The van der Waals surface area contributed by atoms with Crippen LogP contribution in [0, 0.1) is 0 Å². The van der Waals surface area contributed by atoms with E-state index in [-0.39, 0.29) is 0 Å². The zero-order valence-corrected chi connectivity index (χ0v) is 75.1. The number of fused-ring (bicyclic) bond motifs is 15. The predicted octanol–water partition coefficient (Wildman–Crippen LogP) is 31.0. The largest absolute Gasteiger partial charge is 0.309 e. The van der Waals surface area contributed by atoms with E-state index in [2.05, 4.69) is 510 Å². The smallest absolute Gasteiger partial charge is 0.238 e. The van der Waals surface area contributed by atoms with Crippen molar-refractivity contribution < 1.29 is 4.68 Å². The van der Waals surface area contributed by atoms with E-state index in [1.807, 2.05) is 42.5 Å². The number of rotatable bonds is 13.